The van der Waals surface area contributed by atoms with E-state index in [9.17, 15) is 14.9 Å². The predicted octanol–water partition coefficient (Wildman–Crippen LogP) is 5.26. The number of rotatable bonds is 6. The molecule has 0 radical (unpaired) electrons. The first-order valence-electron chi connectivity index (χ1n) is 9.85. The Kier molecular flexibility index (Phi) is 8.65. The Balaban J connectivity index is 0.00000320. The number of nitro groups is 1. The van der Waals surface area contributed by atoms with Gasteiger partial charge in [0.25, 0.3) is 11.6 Å². The van der Waals surface area contributed by atoms with Crippen LogP contribution in [0.3, 0.4) is 0 Å². The van der Waals surface area contributed by atoms with Crippen LogP contribution in [0.2, 0.25) is 5.02 Å². The molecule has 1 aliphatic rings. The van der Waals surface area contributed by atoms with Crippen molar-refractivity contribution in [2.24, 2.45) is 5.92 Å². The largest absolute Gasteiger partial charge is 0.349 e. The predicted molar refractivity (Wildman–Crippen MR) is 121 cm³/mol. The summed E-state index contributed by atoms with van der Waals surface area (Å²) in [5.41, 5.74) is 1.25. The molecule has 0 aromatic heterocycles. The maximum atomic E-state index is 12.9. The first-order chi connectivity index (χ1) is 13.9. The Hall–Kier alpha value is -2.15. The highest BCUT2D eigenvalue weighted by molar-refractivity contribution is 6.33. The minimum atomic E-state index is -0.327. The fourth-order valence-corrected chi connectivity index (χ4v) is 4.63. The number of nitro benzene ring substituents is 1. The summed E-state index contributed by atoms with van der Waals surface area (Å²) in [6.45, 7) is 0. The third kappa shape index (κ3) is 5.31. The quantitative estimate of drug-likeness (QED) is 0.479. The summed E-state index contributed by atoms with van der Waals surface area (Å²) in [6.07, 6.45) is 3.78. The number of para-hydroxylation sites is 1. The molecule has 0 spiro atoms. The van der Waals surface area contributed by atoms with Gasteiger partial charge in [0.05, 0.1) is 15.5 Å². The van der Waals surface area contributed by atoms with E-state index in [1.54, 1.807) is 36.4 Å². The Morgan fingerprint density at radius 2 is 1.77 bits per heavy atom. The third-order valence-electron chi connectivity index (χ3n) is 5.67. The van der Waals surface area contributed by atoms with Crippen LogP contribution in [0.5, 0.6) is 0 Å². The van der Waals surface area contributed by atoms with E-state index < -0.39 is 0 Å². The van der Waals surface area contributed by atoms with Gasteiger partial charge in [-0.3, -0.25) is 14.9 Å². The van der Waals surface area contributed by atoms with Crippen molar-refractivity contribution in [2.45, 2.75) is 37.8 Å². The molecule has 3 unspecified atom stereocenters. The molecule has 1 fully saturated rings. The zero-order valence-corrected chi connectivity index (χ0v) is 18.7. The lowest BCUT2D eigenvalue weighted by atomic mass is 9.76. The molecule has 0 saturated heterocycles. The Morgan fingerprint density at radius 3 is 2.43 bits per heavy atom. The number of nitrogens with zero attached hydrogens (tertiary/aromatic N) is 2. The van der Waals surface area contributed by atoms with Gasteiger partial charge in [-0.2, -0.15) is 0 Å². The maximum absolute atomic E-state index is 12.9. The van der Waals surface area contributed by atoms with Crippen molar-refractivity contribution in [3.8, 4) is 0 Å². The van der Waals surface area contributed by atoms with Crippen molar-refractivity contribution in [2.75, 3.05) is 14.1 Å². The summed E-state index contributed by atoms with van der Waals surface area (Å²) >= 11 is 6.19. The summed E-state index contributed by atoms with van der Waals surface area (Å²) in [6, 6.07) is 13.6. The highest BCUT2D eigenvalue weighted by Crippen LogP contribution is 2.40. The van der Waals surface area contributed by atoms with E-state index in [1.165, 1.54) is 0 Å². The minimum Gasteiger partial charge on any atom is -0.349 e. The first kappa shape index (κ1) is 24.1. The number of carbonyl (C=O) groups is 1. The molecule has 0 heterocycles. The lowest BCUT2D eigenvalue weighted by molar-refractivity contribution is -0.386. The van der Waals surface area contributed by atoms with Crippen molar-refractivity contribution in [1.29, 1.82) is 0 Å². The second-order valence-corrected chi connectivity index (χ2v) is 8.14. The van der Waals surface area contributed by atoms with Crippen LogP contribution in [-0.2, 0) is 0 Å². The molecule has 2 aromatic rings. The van der Waals surface area contributed by atoms with Crippen LogP contribution in [-0.4, -0.2) is 35.9 Å². The fourth-order valence-electron chi connectivity index (χ4n) is 4.40. The molecular formula is C22H27Cl2N3O3. The molecule has 3 rings (SSSR count). The van der Waals surface area contributed by atoms with Crippen molar-refractivity contribution < 1.29 is 9.72 Å². The van der Waals surface area contributed by atoms with Crippen LogP contribution >= 0.6 is 24.0 Å². The molecule has 3 atom stereocenters. The van der Waals surface area contributed by atoms with Gasteiger partial charge < -0.3 is 10.2 Å². The van der Waals surface area contributed by atoms with Gasteiger partial charge in [-0.1, -0.05) is 54.8 Å². The average Bonchev–Trinajstić information content (AvgIpc) is 2.69. The third-order valence-corrected chi connectivity index (χ3v) is 6.00. The number of nitrogens with one attached hydrogen (secondary N) is 1. The fraction of sp³-hybridized carbons (Fsp3) is 0.409. The number of hydrogen-bond acceptors (Lipinski definition) is 4. The lowest BCUT2D eigenvalue weighted by Gasteiger charge is -2.40. The number of hydrogen-bond donors (Lipinski definition) is 1. The average molecular weight is 452 g/mol. The van der Waals surface area contributed by atoms with Crippen LogP contribution in [0.15, 0.2) is 48.5 Å². The Morgan fingerprint density at radius 1 is 1.13 bits per heavy atom. The van der Waals surface area contributed by atoms with E-state index in [0.717, 1.165) is 25.7 Å². The van der Waals surface area contributed by atoms with Gasteiger partial charge in [-0.25, -0.2) is 0 Å². The number of carbonyl (C=O) groups excluding carboxylic acids is 1. The maximum Gasteiger partial charge on any atom is 0.274 e. The standard InChI is InChI=1S/C22H26ClN3O3.ClH/c1-25(2)21(17-11-5-8-14-20(17)26(28)29)16-10-4-7-13-19(16)24-22(27)15-9-3-6-12-18(15)23;/h3,5-6,8-9,11-12,14,16,19,21H,4,7,10,13H2,1-2H3,(H,24,27);1H. The molecule has 162 valence electrons. The zero-order valence-electron chi connectivity index (χ0n) is 17.1. The number of benzene rings is 2. The van der Waals surface area contributed by atoms with E-state index in [4.69, 9.17) is 11.6 Å². The molecule has 1 saturated carbocycles. The van der Waals surface area contributed by atoms with Crippen LogP contribution in [0.25, 0.3) is 0 Å². The van der Waals surface area contributed by atoms with Crippen LogP contribution in [0.4, 0.5) is 5.69 Å². The minimum absolute atomic E-state index is 0. The summed E-state index contributed by atoms with van der Waals surface area (Å²) in [7, 11) is 3.87. The van der Waals surface area contributed by atoms with Gasteiger partial charge in [0.2, 0.25) is 0 Å². The van der Waals surface area contributed by atoms with Gasteiger partial charge in [0.15, 0.2) is 0 Å². The molecule has 8 heteroatoms. The van der Waals surface area contributed by atoms with Crippen molar-refractivity contribution in [1.82, 2.24) is 10.2 Å². The van der Waals surface area contributed by atoms with E-state index in [-0.39, 0.29) is 46.9 Å². The van der Waals surface area contributed by atoms with E-state index in [1.807, 2.05) is 31.1 Å². The highest BCUT2D eigenvalue weighted by Gasteiger charge is 2.37. The van der Waals surface area contributed by atoms with Crippen molar-refractivity contribution >= 4 is 35.6 Å². The topological polar surface area (TPSA) is 75.5 Å². The normalized spacial score (nSPS) is 19.6. The van der Waals surface area contributed by atoms with E-state index in [0.29, 0.717) is 16.1 Å². The summed E-state index contributed by atoms with van der Waals surface area (Å²) in [5, 5.41) is 15.2. The SMILES string of the molecule is CN(C)C(c1ccccc1[N+](=O)[O-])C1CCCCC1NC(=O)c1ccccc1Cl.Cl. The number of amides is 1. The van der Waals surface area contributed by atoms with Gasteiger partial charge in [0, 0.05) is 23.7 Å². The summed E-state index contributed by atoms with van der Waals surface area (Å²) < 4.78 is 0. The van der Waals surface area contributed by atoms with Gasteiger partial charge in [0.1, 0.15) is 0 Å². The molecule has 1 N–H and O–H groups in total. The zero-order chi connectivity index (χ0) is 21.0. The van der Waals surface area contributed by atoms with Crippen LogP contribution < -0.4 is 5.32 Å². The smallest absolute Gasteiger partial charge is 0.274 e. The highest BCUT2D eigenvalue weighted by atomic mass is 35.5. The molecule has 1 aliphatic carbocycles. The first-order valence-corrected chi connectivity index (χ1v) is 10.2. The van der Waals surface area contributed by atoms with Gasteiger partial charge >= 0.3 is 0 Å². The van der Waals surface area contributed by atoms with E-state index in [2.05, 4.69) is 5.32 Å². The van der Waals surface area contributed by atoms with Gasteiger partial charge in [-0.15, -0.1) is 12.4 Å². The second-order valence-electron chi connectivity index (χ2n) is 7.73. The van der Waals surface area contributed by atoms with Crippen LogP contribution in [0, 0.1) is 16.0 Å². The lowest BCUT2D eigenvalue weighted by Crippen LogP contribution is -2.47. The summed E-state index contributed by atoms with van der Waals surface area (Å²) in [4.78, 5) is 26.2. The monoisotopic (exact) mass is 451 g/mol. The summed E-state index contributed by atoms with van der Waals surface area (Å²) in [5.74, 6) is -0.140. The van der Waals surface area contributed by atoms with Crippen molar-refractivity contribution in [3.63, 3.8) is 0 Å². The second kappa shape index (κ2) is 10.8. The molecule has 0 aliphatic heterocycles. The van der Waals surface area contributed by atoms with E-state index >= 15 is 0 Å². The van der Waals surface area contributed by atoms with Gasteiger partial charge in [-0.05, 0) is 45.0 Å². The molecule has 30 heavy (non-hydrogen) atoms. The van der Waals surface area contributed by atoms with Crippen LogP contribution in [0.1, 0.15) is 47.6 Å². The molecule has 2 aromatic carbocycles. The Labute approximate surface area is 188 Å². The molecular weight excluding hydrogens is 425 g/mol. The van der Waals surface area contributed by atoms with Crippen molar-refractivity contribution in [3.05, 3.63) is 74.8 Å². The number of halogens is 2. The molecule has 1 amide bonds. The Bertz CT molecular complexity index is 891. The molecule has 0 bridgehead atoms. The molecule has 6 nitrogen and oxygen atoms in total.